The van der Waals surface area contributed by atoms with E-state index in [4.69, 9.17) is 14.2 Å². The van der Waals surface area contributed by atoms with Crippen LogP contribution in [0.4, 0.5) is 11.4 Å². The third-order valence-corrected chi connectivity index (χ3v) is 4.29. The maximum Gasteiger partial charge on any atom is 0.259 e. The van der Waals surface area contributed by atoms with Crippen LogP contribution in [0.3, 0.4) is 0 Å². The van der Waals surface area contributed by atoms with Crippen molar-refractivity contribution in [1.29, 1.82) is 0 Å². The van der Waals surface area contributed by atoms with Crippen LogP contribution >= 0.6 is 0 Å². The lowest BCUT2D eigenvalue weighted by Gasteiger charge is -2.12. The van der Waals surface area contributed by atoms with E-state index in [-0.39, 0.29) is 17.9 Å². The van der Waals surface area contributed by atoms with Gasteiger partial charge in [-0.2, -0.15) is 0 Å². The van der Waals surface area contributed by atoms with E-state index in [1.807, 2.05) is 0 Å². The van der Waals surface area contributed by atoms with Gasteiger partial charge in [0.2, 0.25) is 0 Å². The molecule has 7 nitrogen and oxygen atoms in total. The first-order valence-electron chi connectivity index (χ1n) is 8.66. The fourth-order valence-corrected chi connectivity index (χ4v) is 2.83. The van der Waals surface area contributed by atoms with Gasteiger partial charge in [-0.25, -0.2) is 0 Å². The first-order valence-corrected chi connectivity index (χ1v) is 8.66. The summed E-state index contributed by atoms with van der Waals surface area (Å²) in [5, 5.41) is 5.63. The second-order valence-corrected chi connectivity index (χ2v) is 6.09. The quantitative estimate of drug-likeness (QED) is 0.816. The van der Waals surface area contributed by atoms with Crippen molar-refractivity contribution in [3.8, 4) is 11.5 Å². The Morgan fingerprint density at radius 3 is 2.30 bits per heavy atom. The first-order chi connectivity index (χ1) is 13.1. The molecule has 1 heterocycles. The molecule has 0 saturated carbocycles. The van der Waals surface area contributed by atoms with Crippen molar-refractivity contribution < 1.29 is 23.8 Å². The monoisotopic (exact) mass is 370 g/mol. The number of carbonyl (C=O) groups is 2. The maximum atomic E-state index is 12.5. The minimum atomic E-state index is -0.382. The number of amides is 2. The van der Waals surface area contributed by atoms with Gasteiger partial charge in [0.15, 0.2) is 0 Å². The second-order valence-electron chi connectivity index (χ2n) is 6.09. The van der Waals surface area contributed by atoms with Crippen LogP contribution in [0.2, 0.25) is 0 Å². The lowest BCUT2D eigenvalue weighted by atomic mass is 10.1. The third kappa shape index (κ3) is 4.57. The predicted molar refractivity (Wildman–Crippen MR) is 102 cm³/mol. The van der Waals surface area contributed by atoms with Crippen LogP contribution in [0.15, 0.2) is 42.5 Å². The molecule has 2 aromatic carbocycles. The van der Waals surface area contributed by atoms with E-state index in [2.05, 4.69) is 10.6 Å². The average molecular weight is 370 g/mol. The summed E-state index contributed by atoms with van der Waals surface area (Å²) in [5.41, 5.74) is 1.65. The van der Waals surface area contributed by atoms with Gasteiger partial charge in [-0.3, -0.25) is 9.59 Å². The van der Waals surface area contributed by atoms with Crippen LogP contribution in [-0.2, 0) is 9.53 Å². The summed E-state index contributed by atoms with van der Waals surface area (Å²) in [6.07, 6.45) is 1.26. The Kier molecular flexibility index (Phi) is 5.93. The maximum absolute atomic E-state index is 12.5. The minimum absolute atomic E-state index is 0.146. The molecule has 7 heteroatoms. The number of hydrogen-bond donors (Lipinski definition) is 2. The zero-order valence-corrected chi connectivity index (χ0v) is 15.3. The smallest absolute Gasteiger partial charge is 0.259 e. The Morgan fingerprint density at radius 2 is 1.70 bits per heavy atom. The van der Waals surface area contributed by atoms with Gasteiger partial charge in [-0.1, -0.05) is 0 Å². The highest BCUT2D eigenvalue weighted by Crippen LogP contribution is 2.25. The van der Waals surface area contributed by atoms with Crippen LogP contribution < -0.4 is 20.1 Å². The molecule has 0 aromatic heterocycles. The van der Waals surface area contributed by atoms with E-state index in [1.54, 1.807) is 49.6 Å². The van der Waals surface area contributed by atoms with Crippen molar-refractivity contribution in [3.63, 3.8) is 0 Å². The molecule has 0 spiro atoms. The van der Waals surface area contributed by atoms with Gasteiger partial charge in [0, 0.05) is 24.0 Å². The summed E-state index contributed by atoms with van der Waals surface area (Å²) in [4.78, 5) is 24.6. The summed E-state index contributed by atoms with van der Waals surface area (Å²) in [7, 11) is 3.05. The molecule has 27 heavy (non-hydrogen) atoms. The molecule has 1 aliphatic rings. The van der Waals surface area contributed by atoms with Gasteiger partial charge in [0.25, 0.3) is 11.8 Å². The van der Waals surface area contributed by atoms with E-state index in [9.17, 15) is 9.59 Å². The molecule has 1 atom stereocenters. The second kappa shape index (κ2) is 8.55. The van der Waals surface area contributed by atoms with Crippen molar-refractivity contribution in [2.75, 3.05) is 31.5 Å². The predicted octanol–water partition coefficient (Wildman–Crippen LogP) is 3.07. The number of ether oxygens (including phenoxy) is 3. The fourth-order valence-electron chi connectivity index (χ4n) is 2.83. The number of anilines is 2. The Morgan fingerprint density at radius 1 is 1.00 bits per heavy atom. The summed E-state index contributed by atoms with van der Waals surface area (Å²) in [5.74, 6) is 0.583. The number of rotatable bonds is 6. The molecule has 2 aromatic rings. The molecular weight excluding hydrogens is 348 g/mol. The molecule has 0 bridgehead atoms. The van der Waals surface area contributed by atoms with Gasteiger partial charge in [-0.15, -0.1) is 0 Å². The third-order valence-electron chi connectivity index (χ3n) is 4.29. The Bertz CT molecular complexity index is 814. The van der Waals surface area contributed by atoms with Crippen LogP contribution in [0.1, 0.15) is 23.2 Å². The SMILES string of the molecule is COc1ccc(C(=O)Nc2ccc(NC(=O)[C@H]3CCCO3)cc2)c(OC)c1. The molecule has 2 amide bonds. The Hall–Kier alpha value is -3.06. The molecule has 3 rings (SSSR count). The lowest BCUT2D eigenvalue weighted by Crippen LogP contribution is -2.26. The molecule has 1 fully saturated rings. The van der Waals surface area contributed by atoms with E-state index in [0.29, 0.717) is 35.0 Å². The standard InChI is InChI=1S/C20H22N2O5/c1-25-15-9-10-16(18(12-15)26-2)19(23)21-13-5-7-14(8-6-13)22-20(24)17-4-3-11-27-17/h5-10,12,17H,3-4,11H2,1-2H3,(H,21,23)(H,22,24)/t17-/m1/s1. The van der Waals surface area contributed by atoms with Crippen LogP contribution in [-0.4, -0.2) is 38.7 Å². The van der Waals surface area contributed by atoms with Crippen molar-refractivity contribution >= 4 is 23.2 Å². The number of carbonyl (C=O) groups excluding carboxylic acids is 2. The average Bonchev–Trinajstić information content (AvgIpc) is 3.24. The van der Waals surface area contributed by atoms with Crippen LogP contribution in [0.5, 0.6) is 11.5 Å². The van der Waals surface area contributed by atoms with E-state index < -0.39 is 0 Å². The van der Waals surface area contributed by atoms with Crippen molar-refractivity contribution in [2.45, 2.75) is 18.9 Å². The molecule has 0 unspecified atom stereocenters. The molecule has 2 N–H and O–H groups in total. The van der Waals surface area contributed by atoms with Crippen molar-refractivity contribution in [2.24, 2.45) is 0 Å². The summed E-state index contributed by atoms with van der Waals surface area (Å²) in [6, 6.07) is 11.9. The normalized spacial score (nSPS) is 15.9. The molecule has 0 aliphatic carbocycles. The van der Waals surface area contributed by atoms with Crippen LogP contribution in [0, 0.1) is 0 Å². The molecule has 142 valence electrons. The van der Waals surface area contributed by atoms with Crippen LogP contribution in [0.25, 0.3) is 0 Å². The summed E-state index contributed by atoms with van der Waals surface area (Å²) in [6.45, 7) is 0.623. The topological polar surface area (TPSA) is 85.9 Å². The van der Waals surface area contributed by atoms with E-state index >= 15 is 0 Å². The highest BCUT2D eigenvalue weighted by molar-refractivity contribution is 6.06. The van der Waals surface area contributed by atoms with Gasteiger partial charge < -0.3 is 24.8 Å². The van der Waals surface area contributed by atoms with Gasteiger partial charge >= 0.3 is 0 Å². The zero-order chi connectivity index (χ0) is 19.2. The highest BCUT2D eigenvalue weighted by atomic mass is 16.5. The Labute approximate surface area is 157 Å². The van der Waals surface area contributed by atoms with Gasteiger partial charge in [-0.05, 0) is 49.2 Å². The molecule has 1 saturated heterocycles. The number of methoxy groups -OCH3 is 2. The lowest BCUT2D eigenvalue weighted by molar-refractivity contribution is -0.124. The number of nitrogens with one attached hydrogen (secondary N) is 2. The number of benzene rings is 2. The number of hydrogen-bond acceptors (Lipinski definition) is 5. The zero-order valence-electron chi connectivity index (χ0n) is 15.3. The summed E-state index contributed by atoms with van der Waals surface area (Å²) >= 11 is 0. The minimum Gasteiger partial charge on any atom is -0.497 e. The molecule has 1 aliphatic heterocycles. The van der Waals surface area contributed by atoms with Gasteiger partial charge in [0.05, 0.1) is 19.8 Å². The van der Waals surface area contributed by atoms with Gasteiger partial charge in [0.1, 0.15) is 17.6 Å². The fraction of sp³-hybridized carbons (Fsp3) is 0.300. The Balaban J connectivity index is 1.64. The largest absolute Gasteiger partial charge is 0.497 e. The first kappa shape index (κ1) is 18.7. The summed E-state index contributed by atoms with van der Waals surface area (Å²) < 4.78 is 15.8. The highest BCUT2D eigenvalue weighted by Gasteiger charge is 2.23. The van der Waals surface area contributed by atoms with Crippen molar-refractivity contribution in [3.05, 3.63) is 48.0 Å². The van der Waals surface area contributed by atoms with Crippen molar-refractivity contribution in [1.82, 2.24) is 0 Å². The van der Waals surface area contributed by atoms with E-state index in [0.717, 1.165) is 12.8 Å². The molecule has 0 radical (unpaired) electrons. The molecular formula is C20H22N2O5. The van der Waals surface area contributed by atoms with E-state index in [1.165, 1.54) is 7.11 Å².